The van der Waals surface area contributed by atoms with Crippen LogP contribution in [0.1, 0.15) is 19.3 Å². The molecule has 0 aromatic carbocycles. The highest BCUT2D eigenvalue weighted by molar-refractivity contribution is 4.47. The maximum Gasteiger partial charge on any atom is 0.0466 e. The first kappa shape index (κ1) is 12.2. The average Bonchev–Trinajstić information content (AvgIpc) is 2.14. The van der Waals surface area contributed by atoms with Gasteiger partial charge in [-0.3, -0.25) is 0 Å². The molecule has 1 heterocycles. The molecule has 2 heteroatoms. The summed E-state index contributed by atoms with van der Waals surface area (Å²) in [7, 11) is 1.50. The molecule has 10 heavy (non-hydrogen) atoms. The predicted molar refractivity (Wildman–Crippen MR) is 44.7 cm³/mol. The lowest BCUT2D eigenvalue weighted by molar-refractivity contribution is 0.0968. The van der Waals surface area contributed by atoms with Gasteiger partial charge >= 0.3 is 0 Å². The van der Waals surface area contributed by atoms with Crippen LogP contribution in [0, 0.1) is 12.8 Å². The Morgan fingerprint density at radius 2 is 1.40 bits per heavy atom. The van der Waals surface area contributed by atoms with E-state index >= 15 is 0 Å². The van der Waals surface area contributed by atoms with Crippen molar-refractivity contribution in [3.8, 4) is 12.8 Å². The van der Waals surface area contributed by atoms with Crippen molar-refractivity contribution >= 4 is 0 Å². The van der Waals surface area contributed by atoms with E-state index < -0.39 is 0 Å². The Labute approximate surface area is 63.8 Å². The van der Waals surface area contributed by atoms with Gasteiger partial charge in [0.2, 0.25) is 0 Å². The Morgan fingerprint density at radius 3 is 1.50 bits per heavy atom. The van der Waals surface area contributed by atoms with Crippen molar-refractivity contribution in [2.45, 2.75) is 19.3 Å². The van der Waals surface area contributed by atoms with E-state index in [9.17, 15) is 0 Å². The lowest BCUT2D eigenvalue weighted by atomic mass is 10.2. The molecule has 1 saturated heterocycles. The summed E-state index contributed by atoms with van der Waals surface area (Å²) in [4.78, 5) is 0. The molecule has 0 atom stereocenters. The molecule has 0 aliphatic carbocycles. The summed E-state index contributed by atoms with van der Waals surface area (Å²) < 4.78 is 5.07. The van der Waals surface area contributed by atoms with Crippen LogP contribution in [-0.2, 0) is 4.74 Å². The highest BCUT2D eigenvalue weighted by Gasteiger charge is 1.94. The monoisotopic (exact) mass is 143 g/mol. The smallest absolute Gasteiger partial charge is 0.0466 e. The summed E-state index contributed by atoms with van der Waals surface area (Å²) in [5, 5.41) is 0. The van der Waals surface area contributed by atoms with Crippen molar-refractivity contribution in [2.75, 3.05) is 20.3 Å². The van der Waals surface area contributed by atoms with Crippen LogP contribution >= 0.6 is 0 Å². The maximum atomic E-state index is 5.07. The Bertz CT molecular complexity index is 46.0. The fourth-order valence-corrected chi connectivity index (χ4v) is 0.687. The Kier molecular flexibility index (Phi) is 19.3. The fraction of sp³-hybridized carbons (Fsp3) is 0.750. The zero-order chi connectivity index (χ0) is 8.24. The minimum atomic E-state index is 1.00. The van der Waals surface area contributed by atoms with E-state index in [1.165, 1.54) is 26.3 Å². The van der Waals surface area contributed by atoms with E-state index in [4.69, 9.17) is 4.74 Å². The fourth-order valence-electron chi connectivity index (χ4n) is 0.687. The molecule has 1 aliphatic rings. The van der Waals surface area contributed by atoms with Gasteiger partial charge in [-0.1, -0.05) is 0 Å². The second-order valence-electron chi connectivity index (χ2n) is 1.67. The van der Waals surface area contributed by atoms with Crippen molar-refractivity contribution in [1.29, 1.82) is 0 Å². The van der Waals surface area contributed by atoms with E-state index in [-0.39, 0.29) is 0 Å². The van der Waals surface area contributed by atoms with E-state index in [1.807, 2.05) is 0 Å². The summed E-state index contributed by atoms with van der Waals surface area (Å²) in [6.07, 6.45) is 11.9. The van der Waals surface area contributed by atoms with Crippen LogP contribution in [0.25, 0.3) is 0 Å². The van der Waals surface area contributed by atoms with Gasteiger partial charge in [0.25, 0.3) is 0 Å². The van der Waals surface area contributed by atoms with Crippen LogP contribution in [0.2, 0.25) is 0 Å². The molecule has 0 aromatic rings. The lowest BCUT2D eigenvalue weighted by Gasteiger charge is -2.08. The van der Waals surface area contributed by atoms with Crippen LogP contribution in [0.3, 0.4) is 0 Å². The SMILES string of the molecule is C#C.C1CCOCC1.CN. The largest absolute Gasteiger partial charge is 0.381 e. The number of terminal acetylenes is 1. The normalized spacial score (nSPS) is 15.2. The van der Waals surface area contributed by atoms with E-state index in [0.29, 0.717) is 0 Å². The predicted octanol–water partition coefficient (Wildman–Crippen LogP) is 1.01. The molecule has 2 nitrogen and oxygen atoms in total. The summed E-state index contributed by atoms with van der Waals surface area (Å²) >= 11 is 0. The molecular formula is C8H17NO. The van der Waals surface area contributed by atoms with Crippen LogP contribution in [0.15, 0.2) is 0 Å². The third-order valence-corrected chi connectivity index (χ3v) is 1.08. The molecule has 1 rings (SSSR count). The van der Waals surface area contributed by atoms with Crippen LogP contribution in [0.4, 0.5) is 0 Å². The van der Waals surface area contributed by atoms with Crippen molar-refractivity contribution in [1.82, 2.24) is 0 Å². The minimum absolute atomic E-state index is 1.00. The van der Waals surface area contributed by atoms with Crippen molar-refractivity contribution in [2.24, 2.45) is 5.73 Å². The first-order valence-corrected chi connectivity index (χ1v) is 3.49. The number of rotatable bonds is 0. The van der Waals surface area contributed by atoms with Crippen molar-refractivity contribution in [3.05, 3.63) is 0 Å². The zero-order valence-corrected chi connectivity index (χ0v) is 6.68. The van der Waals surface area contributed by atoms with Gasteiger partial charge in [0.15, 0.2) is 0 Å². The van der Waals surface area contributed by atoms with E-state index in [1.54, 1.807) is 0 Å². The molecule has 2 N–H and O–H groups in total. The van der Waals surface area contributed by atoms with Crippen LogP contribution in [-0.4, -0.2) is 20.3 Å². The van der Waals surface area contributed by atoms with Gasteiger partial charge in [-0.25, -0.2) is 0 Å². The van der Waals surface area contributed by atoms with Gasteiger partial charge in [-0.2, -0.15) is 0 Å². The summed E-state index contributed by atoms with van der Waals surface area (Å²) in [6, 6.07) is 0. The highest BCUT2D eigenvalue weighted by atomic mass is 16.5. The molecule has 0 spiro atoms. The third kappa shape index (κ3) is 10.5. The lowest BCUT2D eigenvalue weighted by Crippen LogP contribution is -2.03. The van der Waals surface area contributed by atoms with E-state index in [0.717, 1.165) is 13.2 Å². The topological polar surface area (TPSA) is 35.2 Å². The second-order valence-corrected chi connectivity index (χ2v) is 1.67. The first-order chi connectivity index (χ1) is 5.00. The second kappa shape index (κ2) is 15.8. The molecule has 0 amide bonds. The van der Waals surface area contributed by atoms with Gasteiger partial charge in [-0.05, 0) is 26.3 Å². The number of ether oxygens (including phenoxy) is 1. The molecule has 0 aromatic heterocycles. The number of hydrogen-bond donors (Lipinski definition) is 1. The van der Waals surface area contributed by atoms with Crippen molar-refractivity contribution in [3.63, 3.8) is 0 Å². The highest BCUT2D eigenvalue weighted by Crippen LogP contribution is 2.01. The molecule has 1 aliphatic heterocycles. The van der Waals surface area contributed by atoms with Crippen LogP contribution in [0.5, 0.6) is 0 Å². The molecule has 1 fully saturated rings. The molecular weight excluding hydrogens is 126 g/mol. The molecule has 0 bridgehead atoms. The standard InChI is InChI=1S/C5H10O.C2H2.CH5N/c1-2-4-6-5-3-1;2*1-2/h1-5H2;1-2H;2H2,1H3. The average molecular weight is 143 g/mol. The third-order valence-electron chi connectivity index (χ3n) is 1.08. The summed E-state index contributed by atoms with van der Waals surface area (Å²) in [5.74, 6) is 0. The molecule has 0 radical (unpaired) electrons. The van der Waals surface area contributed by atoms with Gasteiger partial charge in [0, 0.05) is 13.2 Å². The van der Waals surface area contributed by atoms with Gasteiger partial charge in [0.1, 0.15) is 0 Å². The summed E-state index contributed by atoms with van der Waals surface area (Å²) in [6.45, 7) is 2.00. The first-order valence-electron chi connectivity index (χ1n) is 3.49. The van der Waals surface area contributed by atoms with Gasteiger partial charge < -0.3 is 10.5 Å². The molecule has 60 valence electrons. The molecule has 0 saturated carbocycles. The van der Waals surface area contributed by atoms with Gasteiger partial charge in [0.05, 0.1) is 0 Å². The number of hydrogen-bond acceptors (Lipinski definition) is 2. The van der Waals surface area contributed by atoms with Gasteiger partial charge in [-0.15, -0.1) is 12.8 Å². The zero-order valence-electron chi connectivity index (χ0n) is 6.68. The number of nitrogens with two attached hydrogens (primary N) is 1. The minimum Gasteiger partial charge on any atom is -0.381 e. The Morgan fingerprint density at radius 1 is 1.00 bits per heavy atom. The quantitative estimate of drug-likeness (QED) is 0.514. The Hall–Kier alpha value is -0.520. The van der Waals surface area contributed by atoms with E-state index in [2.05, 4.69) is 18.6 Å². The molecule has 0 unspecified atom stereocenters. The Balaban J connectivity index is 0. The summed E-state index contributed by atoms with van der Waals surface area (Å²) in [5.41, 5.74) is 4.50. The maximum absolute atomic E-state index is 5.07. The van der Waals surface area contributed by atoms with Crippen LogP contribution < -0.4 is 5.73 Å². The van der Waals surface area contributed by atoms with Crippen molar-refractivity contribution < 1.29 is 4.74 Å².